The van der Waals surface area contributed by atoms with Crippen LogP contribution in [0.5, 0.6) is 5.75 Å². The first kappa shape index (κ1) is 16.2. The highest BCUT2D eigenvalue weighted by Crippen LogP contribution is 2.29. The number of fused-ring (bicyclic) bond motifs is 1. The highest BCUT2D eigenvalue weighted by molar-refractivity contribution is 5.81. The summed E-state index contributed by atoms with van der Waals surface area (Å²) in [7, 11) is 0. The van der Waals surface area contributed by atoms with E-state index in [0.717, 1.165) is 12.8 Å². The molecular formula is C16H21FN2O4. The molecule has 2 aliphatic rings. The number of rotatable bonds is 4. The third-order valence-corrected chi connectivity index (χ3v) is 4.28. The van der Waals surface area contributed by atoms with Crippen molar-refractivity contribution >= 4 is 5.91 Å². The van der Waals surface area contributed by atoms with Gasteiger partial charge < -0.3 is 25.3 Å². The molecule has 0 spiro atoms. The second kappa shape index (κ2) is 7.25. The summed E-state index contributed by atoms with van der Waals surface area (Å²) < 4.78 is 29.5. The molecule has 6 nitrogen and oxygen atoms in total. The second-order valence-corrected chi connectivity index (χ2v) is 5.86. The van der Waals surface area contributed by atoms with Crippen LogP contribution in [-0.2, 0) is 27.4 Å². The summed E-state index contributed by atoms with van der Waals surface area (Å²) in [5, 5.41) is 2.78. The van der Waals surface area contributed by atoms with Crippen molar-refractivity contribution in [2.24, 2.45) is 11.7 Å². The predicted molar refractivity (Wildman–Crippen MR) is 80.0 cm³/mol. The molecule has 0 radical (unpaired) electrons. The minimum Gasteiger partial charge on any atom is -0.467 e. The first-order chi connectivity index (χ1) is 11.1. The van der Waals surface area contributed by atoms with Crippen molar-refractivity contribution < 1.29 is 23.4 Å². The minimum absolute atomic E-state index is 0.120. The number of ether oxygens (including phenoxy) is 3. The van der Waals surface area contributed by atoms with Crippen LogP contribution in [0.2, 0.25) is 0 Å². The van der Waals surface area contributed by atoms with E-state index in [2.05, 4.69) is 5.32 Å². The lowest BCUT2D eigenvalue weighted by molar-refractivity contribution is -0.124. The Kier molecular flexibility index (Phi) is 5.09. The maximum atomic E-state index is 13.7. The largest absolute Gasteiger partial charge is 0.467 e. The zero-order valence-corrected chi connectivity index (χ0v) is 12.8. The van der Waals surface area contributed by atoms with E-state index in [-0.39, 0.29) is 31.0 Å². The Labute approximate surface area is 134 Å². The Morgan fingerprint density at radius 2 is 2.13 bits per heavy atom. The molecule has 2 heterocycles. The monoisotopic (exact) mass is 324 g/mol. The summed E-state index contributed by atoms with van der Waals surface area (Å²) in [5.74, 6) is 0.0882. The molecular weight excluding hydrogens is 303 g/mol. The topological polar surface area (TPSA) is 82.8 Å². The van der Waals surface area contributed by atoms with Crippen LogP contribution in [0.4, 0.5) is 4.39 Å². The minimum atomic E-state index is -0.576. The molecule has 0 aromatic heterocycles. The first-order valence-corrected chi connectivity index (χ1v) is 7.78. The Bertz CT molecular complexity index is 575. The van der Waals surface area contributed by atoms with Crippen molar-refractivity contribution in [2.75, 3.05) is 20.0 Å². The smallest absolute Gasteiger partial charge is 0.237 e. The van der Waals surface area contributed by atoms with Gasteiger partial charge in [-0.05, 0) is 30.9 Å². The van der Waals surface area contributed by atoms with Crippen molar-refractivity contribution in [1.29, 1.82) is 0 Å². The van der Waals surface area contributed by atoms with Crippen molar-refractivity contribution in [3.63, 3.8) is 0 Å². The van der Waals surface area contributed by atoms with Crippen LogP contribution in [-0.4, -0.2) is 32.0 Å². The van der Waals surface area contributed by atoms with Gasteiger partial charge in [0.05, 0.1) is 12.6 Å². The van der Waals surface area contributed by atoms with Gasteiger partial charge in [-0.25, -0.2) is 4.39 Å². The molecule has 1 saturated heterocycles. The zero-order chi connectivity index (χ0) is 16.2. The molecule has 1 amide bonds. The van der Waals surface area contributed by atoms with E-state index in [9.17, 15) is 9.18 Å². The van der Waals surface area contributed by atoms with E-state index in [0.29, 0.717) is 36.7 Å². The average molecular weight is 324 g/mol. The first-order valence-electron chi connectivity index (χ1n) is 7.78. The van der Waals surface area contributed by atoms with Gasteiger partial charge in [0, 0.05) is 30.9 Å². The van der Waals surface area contributed by atoms with Gasteiger partial charge in [-0.3, -0.25) is 4.79 Å². The molecule has 2 aliphatic heterocycles. The highest BCUT2D eigenvalue weighted by atomic mass is 19.1. The van der Waals surface area contributed by atoms with Gasteiger partial charge in [-0.2, -0.15) is 0 Å². The van der Waals surface area contributed by atoms with E-state index >= 15 is 0 Å². The molecule has 0 saturated carbocycles. The number of amides is 1. The fourth-order valence-corrected chi connectivity index (χ4v) is 2.98. The van der Waals surface area contributed by atoms with E-state index in [1.807, 2.05) is 0 Å². The van der Waals surface area contributed by atoms with E-state index in [1.165, 1.54) is 12.1 Å². The Hall–Kier alpha value is -1.70. The molecule has 0 bridgehead atoms. The zero-order valence-electron chi connectivity index (χ0n) is 12.8. The van der Waals surface area contributed by atoms with Crippen LogP contribution in [0, 0.1) is 11.7 Å². The quantitative estimate of drug-likeness (QED) is 0.865. The summed E-state index contributed by atoms with van der Waals surface area (Å²) in [6.07, 6.45) is 1.56. The van der Waals surface area contributed by atoms with Crippen molar-refractivity contribution in [2.45, 2.75) is 32.0 Å². The summed E-state index contributed by atoms with van der Waals surface area (Å²) in [5.41, 5.74) is 7.27. The van der Waals surface area contributed by atoms with E-state index in [1.54, 1.807) is 0 Å². The molecule has 23 heavy (non-hydrogen) atoms. The second-order valence-electron chi connectivity index (χ2n) is 5.86. The van der Waals surface area contributed by atoms with Gasteiger partial charge in [0.25, 0.3) is 0 Å². The maximum absolute atomic E-state index is 13.7. The van der Waals surface area contributed by atoms with Gasteiger partial charge in [0.2, 0.25) is 5.91 Å². The summed E-state index contributed by atoms with van der Waals surface area (Å²) in [6, 6.07) is 2.17. The molecule has 7 heteroatoms. The van der Waals surface area contributed by atoms with Gasteiger partial charge in [-0.1, -0.05) is 0 Å². The number of carbonyl (C=O) groups is 1. The molecule has 1 aromatic carbocycles. The number of benzene rings is 1. The van der Waals surface area contributed by atoms with Crippen molar-refractivity contribution in [3.05, 3.63) is 29.1 Å². The van der Waals surface area contributed by atoms with Crippen LogP contribution in [0.15, 0.2) is 12.1 Å². The lowest BCUT2D eigenvalue weighted by Gasteiger charge is -2.27. The van der Waals surface area contributed by atoms with Crippen LogP contribution in [0.25, 0.3) is 0 Å². The van der Waals surface area contributed by atoms with Gasteiger partial charge >= 0.3 is 0 Å². The normalized spacial score (nSPS) is 19.6. The van der Waals surface area contributed by atoms with Crippen LogP contribution < -0.4 is 15.8 Å². The number of nitrogens with two attached hydrogens (primary N) is 1. The summed E-state index contributed by atoms with van der Waals surface area (Å²) in [4.78, 5) is 12.2. The molecule has 1 aromatic rings. The number of carbonyl (C=O) groups excluding carboxylic acids is 1. The standard InChI is InChI=1S/C16H21FN2O4/c17-13-5-11(15-12(6-13)8-22-9-23-15)7-19-16(20)14(18)10-1-3-21-4-2-10/h5-6,10,14H,1-4,7-9,18H2,(H,19,20). The number of hydrogen-bond acceptors (Lipinski definition) is 5. The molecule has 1 atom stereocenters. The lowest BCUT2D eigenvalue weighted by atomic mass is 9.92. The Morgan fingerprint density at radius 1 is 1.35 bits per heavy atom. The van der Waals surface area contributed by atoms with E-state index in [4.69, 9.17) is 19.9 Å². The fourth-order valence-electron chi connectivity index (χ4n) is 2.98. The van der Waals surface area contributed by atoms with Crippen molar-refractivity contribution in [3.8, 4) is 5.75 Å². The number of hydrogen-bond donors (Lipinski definition) is 2. The number of nitrogens with one attached hydrogen (secondary N) is 1. The summed E-state index contributed by atoms with van der Waals surface area (Å²) >= 11 is 0. The molecule has 3 N–H and O–H groups in total. The molecule has 3 rings (SSSR count). The number of halogens is 1. The average Bonchev–Trinajstić information content (AvgIpc) is 2.59. The maximum Gasteiger partial charge on any atom is 0.237 e. The Balaban J connectivity index is 1.63. The van der Waals surface area contributed by atoms with Crippen molar-refractivity contribution in [1.82, 2.24) is 5.32 Å². The van der Waals surface area contributed by atoms with Gasteiger partial charge in [0.1, 0.15) is 11.6 Å². The van der Waals surface area contributed by atoms with Gasteiger partial charge in [0.15, 0.2) is 6.79 Å². The molecule has 1 fully saturated rings. The third-order valence-electron chi connectivity index (χ3n) is 4.28. The Morgan fingerprint density at radius 3 is 2.91 bits per heavy atom. The van der Waals surface area contributed by atoms with Crippen LogP contribution >= 0.6 is 0 Å². The SMILES string of the molecule is NC(C(=O)NCc1cc(F)cc2c1OCOC2)C1CCOCC1. The predicted octanol–water partition coefficient (Wildman–Crippen LogP) is 1.06. The van der Waals surface area contributed by atoms with Crippen LogP contribution in [0.1, 0.15) is 24.0 Å². The third kappa shape index (κ3) is 3.80. The lowest BCUT2D eigenvalue weighted by Crippen LogP contribution is -2.46. The summed E-state index contributed by atoms with van der Waals surface area (Å²) in [6.45, 7) is 1.88. The molecule has 0 aliphatic carbocycles. The van der Waals surface area contributed by atoms with Crippen LogP contribution in [0.3, 0.4) is 0 Å². The fraction of sp³-hybridized carbons (Fsp3) is 0.562. The van der Waals surface area contributed by atoms with Gasteiger partial charge in [-0.15, -0.1) is 0 Å². The van der Waals surface area contributed by atoms with E-state index < -0.39 is 6.04 Å². The molecule has 126 valence electrons. The molecule has 1 unspecified atom stereocenters. The highest BCUT2D eigenvalue weighted by Gasteiger charge is 2.27.